The van der Waals surface area contributed by atoms with E-state index in [4.69, 9.17) is 0 Å². The topological polar surface area (TPSA) is 41.5 Å². The van der Waals surface area contributed by atoms with Gasteiger partial charge in [0.05, 0.1) is 5.71 Å². The predicted octanol–water partition coefficient (Wildman–Crippen LogP) is 4.01. The fourth-order valence-corrected chi connectivity index (χ4v) is 2.03. The summed E-state index contributed by atoms with van der Waals surface area (Å²) in [6, 6.07) is 15.1. The van der Waals surface area contributed by atoms with Crippen molar-refractivity contribution in [3.05, 3.63) is 71.5 Å². The van der Waals surface area contributed by atoms with Gasteiger partial charge in [-0.3, -0.25) is 4.79 Å². The van der Waals surface area contributed by atoms with Gasteiger partial charge in [-0.05, 0) is 42.2 Å². The van der Waals surface area contributed by atoms with Crippen molar-refractivity contribution < 1.29 is 9.18 Å². The van der Waals surface area contributed by atoms with Crippen LogP contribution in [0.2, 0.25) is 0 Å². The Balaban J connectivity index is 2.15. The number of hydrazone groups is 1. The number of nitrogens with one attached hydrogen (secondary N) is 1. The van der Waals surface area contributed by atoms with Gasteiger partial charge in [0.15, 0.2) is 0 Å². The van der Waals surface area contributed by atoms with Gasteiger partial charge >= 0.3 is 0 Å². The van der Waals surface area contributed by atoms with Crippen LogP contribution >= 0.6 is 0 Å². The molecule has 0 aliphatic heterocycles. The van der Waals surface area contributed by atoms with Gasteiger partial charge in [-0.2, -0.15) is 5.10 Å². The third-order valence-electron chi connectivity index (χ3n) is 3.11. The van der Waals surface area contributed by atoms with Gasteiger partial charge < -0.3 is 0 Å². The number of amides is 1. The van der Waals surface area contributed by atoms with Gasteiger partial charge in [0.1, 0.15) is 5.82 Å². The highest BCUT2D eigenvalue weighted by Crippen LogP contribution is 2.10. The monoisotopic (exact) mass is 298 g/mol. The normalized spacial score (nSPS) is 11.5. The molecule has 1 amide bonds. The minimum atomic E-state index is -0.371. The number of nitrogens with zero attached hydrogens (tertiary/aromatic N) is 1. The maximum absolute atomic E-state index is 12.9. The average Bonchev–Trinajstić information content (AvgIpc) is 2.52. The van der Waals surface area contributed by atoms with E-state index in [1.165, 1.54) is 24.3 Å². The minimum absolute atomic E-state index is 0.350. The number of halogens is 1. The van der Waals surface area contributed by atoms with Crippen molar-refractivity contribution in [2.24, 2.45) is 11.0 Å². The van der Waals surface area contributed by atoms with E-state index in [1.807, 2.05) is 30.3 Å². The first-order valence-corrected chi connectivity index (χ1v) is 7.24. The zero-order chi connectivity index (χ0) is 15.9. The van der Waals surface area contributed by atoms with Crippen LogP contribution in [0.25, 0.3) is 0 Å². The summed E-state index contributed by atoms with van der Waals surface area (Å²) in [6.45, 7) is 4.19. The predicted molar refractivity (Wildman–Crippen MR) is 86.3 cm³/mol. The van der Waals surface area contributed by atoms with E-state index in [0.29, 0.717) is 11.5 Å². The highest BCUT2D eigenvalue weighted by molar-refractivity contribution is 6.02. The smallest absolute Gasteiger partial charge is 0.267 e. The largest absolute Gasteiger partial charge is 0.271 e. The molecule has 4 heteroatoms. The van der Waals surface area contributed by atoms with Crippen LogP contribution in [0.3, 0.4) is 0 Å². The molecule has 0 aromatic heterocycles. The number of rotatable bonds is 5. The molecule has 114 valence electrons. The van der Waals surface area contributed by atoms with Crippen LogP contribution in [0.15, 0.2) is 59.7 Å². The summed E-state index contributed by atoms with van der Waals surface area (Å²) in [5.41, 5.74) is 4.73. The molecule has 22 heavy (non-hydrogen) atoms. The second-order valence-corrected chi connectivity index (χ2v) is 5.47. The van der Waals surface area contributed by atoms with Gasteiger partial charge in [-0.25, -0.2) is 9.82 Å². The van der Waals surface area contributed by atoms with Crippen molar-refractivity contribution in [3.63, 3.8) is 0 Å². The molecule has 2 aromatic carbocycles. The highest BCUT2D eigenvalue weighted by Gasteiger charge is 2.09. The van der Waals surface area contributed by atoms with Crippen LogP contribution in [-0.4, -0.2) is 11.6 Å². The third kappa shape index (κ3) is 4.52. The maximum atomic E-state index is 12.9. The van der Waals surface area contributed by atoms with Crippen molar-refractivity contribution >= 4 is 11.6 Å². The molecule has 0 atom stereocenters. The van der Waals surface area contributed by atoms with Crippen LogP contribution in [0.4, 0.5) is 4.39 Å². The summed E-state index contributed by atoms with van der Waals surface area (Å²) in [5.74, 6) is -0.302. The summed E-state index contributed by atoms with van der Waals surface area (Å²) in [6.07, 6.45) is 0.758. The van der Waals surface area contributed by atoms with Crippen molar-refractivity contribution in [3.8, 4) is 0 Å². The first-order chi connectivity index (χ1) is 10.6. The molecule has 3 nitrogen and oxygen atoms in total. The number of carbonyl (C=O) groups is 1. The van der Waals surface area contributed by atoms with Crippen LogP contribution < -0.4 is 5.43 Å². The molecule has 0 heterocycles. The number of carbonyl (C=O) groups excluding carboxylic acids is 1. The Bertz CT molecular complexity index is 649. The average molecular weight is 298 g/mol. The van der Waals surface area contributed by atoms with Crippen molar-refractivity contribution in [2.75, 3.05) is 0 Å². The van der Waals surface area contributed by atoms with Crippen LogP contribution in [-0.2, 0) is 0 Å². The van der Waals surface area contributed by atoms with Crippen LogP contribution in [0, 0.1) is 11.7 Å². The fourth-order valence-electron chi connectivity index (χ4n) is 2.03. The summed E-state index contributed by atoms with van der Waals surface area (Å²) in [5, 5.41) is 4.26. The second kappa shape index (κ2) is 7.50. The lowest BCUT2D eigenvalue weighted by Gasteiger charge is -2.10. The molecule has 1 N–H and O–H groups in total. The van der Waals surface area contributed by atoms with Gasteiger partial charge in [0, 0.05) is 5.56 Å². The summed E-state index contributed by atoms with van der Waals surface area (Å²) in [4.78, 5) is 12.0. The summed E-state index contributed by atoms with van der Waals surface area (Å²) < 4.78 is 12.9. The van der Waals surface area contributed by atoms with Gasteiger partial charge in [-0.1, -0.05) is 44.2 Å². The molecule has 0 aliphatic carbocycles. The van der Waals surface area contributed by atoms with Crippen molar-refractivity contribution in [1.29, 1.82) is 0 Å². The van der Waals surface area contributed by atoms with E-state index in [0.717, 1.165) is 17.7 Å². The molecule has 0 radical (unpaired) electrons. The molecule has 2 aromatic rings. The van der Waals surface area contributed by atoms with Gasteiger partial charge in [-0.15, -0.1) is 0 Å². The first-order valence-electron chi connectivity index (χ1n) is 7.24. The molecule has 2 rings (SSSR count). The number of hydrogen-bond donors (Lipinski definition) is 1. The van der Waals surface area contributed by atoms with E-state index in [2.05, 4.69) is 24.4 Å². The summed E-state index contributed by atoms with van der Waals surface area (Å²) in [7, 11) is 0. The Morgan fingerprint density at radius 1 is 1.05 bits per heavy atom. The fraction of sp³-hybridized carbons (Fsp3) is 0.222. The zero-order valence-electron chi connectivity index (χ0n) is 12.7. The Morgan fingerprint density at radius 2 is 1.68 bits per heavy atom. The Morgan fingerprint density at radius 3 is 2.27 bits per heavy atom. The molecular formula is C18H19FN2O. The lowest BCUT2D eigenvalue weighted by Crippen LogP contribution is -2.20. The highest BCUT2D eigenvalue weighted by atomic mass is 19.1. The third-order valence-corrected chi connectivity index (χ3v) is 3.11. The molecule has 0 saturated heterocycles. The quantitative estimate of drug-likeness (QED) is 0.657. The standard InChI is InChI=1S/C18H19FN2O/c1-13(2)12-17(14-6-4-3-5-7-14)20-21-18(22)15-8-10-16(19)11-9-15/h3-11,13H,12H2,1-2H3,(H,21,22)/b20-17+. The van der Waals surface area contributed by atoms with E-state index >= 15 is 0 Å². The van der Waals surface area contributed by atoms with E-state index in [9.17, 15) is 9.18 Å². The Kier molecular flexibility index (Phi) is 5.42. The number of hydrogen-bond acceptors (Lipinski definition) is 2. The van der Waals surface area contributed by atoms with E-state index in [-0.39, 0.29) is 11.7 Å². The summed E-state index contributed by atoms with van der Waals surface area (Å²) >= 11 is 0. The van der Waals surface area contributed by atoms with E-state index < -0.39 is 0 Å². The van der Waals surface area contributed by atoms with Crippen molar-refractivity contribution in [2.45, 2.75) is 20.3 Å². The lowest BCUT2D eigenvalue weighted by molar-refractivity contribution is 0.0954. The lowest BCUT2D eigenvalue weighted by atomic mass is 10.0. The van der Waals surface area contributed by atoms with E-state index in [1.54, 1.807) is 0 Å². The molecule has 0 saturated carbocycles. The maximum Gasteiger partial charge on any atom is 0.271 e. The zero-order valence-corrected chi connectivity index (χ0v) is 12.7. The molecular weight excluding hydrogens is 279 g/mol. The minimum Gasteiger partial charge on any atom is -0.267 e. The van der Waals surface area contributed by atoms with Crippen LogP contribution in [0.5, 0.6) is 0 Å². The SMILES string of the molecule is CC(C)C/C(=N\NC(=O)c1ccc(F)cc1)c1ccccc1. The molecule has 0 fully saturated rings. The molecule has 0 aliphatic rings. The van der Waals surface area contributed by atoms with Gasteiger partial charge in [0.25, 0.3) is 5.91 Å². The Hall–Kier alpha value is -2.49. The first kappa shape index (κ1) is 15.9. The second-order valence-electron chi connectivity index (χ2n) is 5.47. The van der Waals surface area contributed by atoms with Crippen LogP contribution in [0.1, 0.15) is 36.2 Å². The molecule has 0 bridgehead atoms. The van der Waals surface area contributed by atoms with Gasteiger partial charge in [0.2, 0.25) is 0 Å². The molecule has 0 spiro atoms. The number of benzene rings is 2. The Labute approximate surface area is 129 Å². The van der Waals surface area contributed by atoms with Crippen molar-refractivity contribution in [1.82, 2.24) is 5.43 Å². The molecule has 0 unspecified atom stereocenters.